The minimum atomic E-state index is -0.229. The van der Waals surface area contributed by atoms with E-state index in [0.717, 1.165) is 25.6 Å². The first-order valence-corrected chi connectivity index (χ1v) is 7.10. The lowest BCUT2D eigenvalue weighted by atomic mass is 9.67. The van der Waals surface area contributed by atoms with Gasteiger partial charge in [0.2, 0.25) is 0 Å². The topological polar surface area (TPSA) is 18.5 Å². The molecule has 94 valence electrons. The van der Waals surface area contributed by atoms with Gasteiger partial charge in [-0.2, -0.15) is 0 Å². The smallest absolute Gasteiger partial charge is 0.171 e. The van der Waals surface area contributed by atoms with Crippen LogP contribution in [0.25, 0.3) is 0 Å². The Labute approximate surface area is 99.7 Å². The van der Waals surface area contributed by atoms with Gasteiger partial charge >= 0.3 is 0 Å². The molecule has 0 heterocycles. The highest BCUT2D eigenvalue weighted by Gasteiger charge is 2.47. The molecule has 0 aromatic rings. The quantitative estimate of drug-likeness (QED) is 0.680. The zero-order valence-corrected chi connectivity index (χ0v) is 10.8. The van der Waals surface area contributed by atoms with Crippen LogP contribution in [0.2, 0.25) is 0 Å². The molecule has 0 saturated heterocycles. The second kappa shape index (κ2) is 5.50. The molecule has 0 N–H and O–H groups in total. The summed E-state index contributed by atoms with van der Waals surface area (Å²) in [7, 11) is 0. The second-order valence-electron chi connectivity index (χ2n) is 5.22. The van der Waals surface area contributed by atoms with Gasteiger partial charge in [-0.1, -0.05) is 12.8 Å². The summed E-state index contributed by atoms with van der Waals surface area (Å²) in [6.45, 7) is 5.74. The zero-order chi connectivity index (χ0) is 11.4. The summed E-state index contributed by atoms with van der Waals surface area (Å²) in [6, 6.07) is 0. The number of hydrogen-bond acceptors (Lipinski definition) is 2. The van der Waals surface area contributed by atoms with E-state index in [1.165, 1.54) is 38.5 Å². The SMILES string of the molecule is CCOC1(OCC)CCCC2CCCCC21. The number of rotatable bonds is 4. The predicted octanol–water partition coefficient (Wildman–Crippen LogP) is 3.75. The molecule has 0 radical (unpaired) electrons. The maximum Gasteiger partial charge on any atom is 0.171 e. The van der Waals surface area contributed by atoms with E-state index < -0.39 is 0 Å². The number of fused-ring (bicyclic) bond motifs is 1. The van der Waals surface area contributed by atoms with Crippen LogP contribution in [0.1, 0.15) is 58.8 Å². The Bertz CT molecular complexity index is 201. The van der Waals surface area contributed by atoms with E-state index in [2.05, 4.69) is 13.8 Å². The van der Waals surface area contributed by atoms with E-state index in [1.54, 1.807) is 0 Å². The summed E-state index contributed by atoms with van der Waals surface area (Å²) in [5.41, 5.74) is 0. The van der Waals surface area contributed by atoms with E-state index in [0.29, 0.717) is 5.92 Å². The fourth-order valence-corrected chi connectivity index (χ4v) is 3.82. The third-order valence-electron chi connectivity index (χ3n) is 4.35. The van der Waals surface area contributed by atoms with Crippen molar-refractivity contribution in [3.05, 3.63) is 0 Å². The Balaban J connectivity index is 2.13. The summed E-state index contributed by atoms with van der Waals surface area (Å²) in [4.78, 5) is 0. The predicted molar refractivity (Wildman–Crippen MR) is 65.3 cm³/mol. The minimum Gasteiger partial charge on any atom is -0.350 e. The highest BCUT2D eigenvalue weighted by molar-refractivity contribution is 4.91. The molecule has 0 spiro atoms. The van der Waals surface area contributed by atoms with Gasteiger partial charge in [-0.15, -0.1) is 0 Å². The van der Waals surface area contributed by atoms with Crippen molar-refractivity contribution in [1.29, 1.82) is 0 Å². The van der Waals surface area contributed by atoms with Crippen molar-refractivity contribution in [2.24, 2.45) is 11.8 Å². The van der Waals surface area contributed by atoms with Crippen molar-refractivity contribution in [2.75, 3.05) is 13.2 Å². The van der Waals surface area contributed by atoms with Gasteiger partial charge in [0.1, 0.15) is 0 Å². The van der Waals surface area contributed by atoms with E-state index >= 15 is 0 Å². The first kappa shape index (κ1) is 12.4. The molecule has 0 bridgehead atoms. The fourth-order valence-electron chi connectivity index (χ4n) is 3.82. The molecule has 2 atom stereocenters. The molecule has 2 nitrogen and oxygen atoms in total. The van der Waals surface area contributed by atoms with Gasteiger partial charge < -0.3 is 9.47 Å². The molecule has 2 aliphatic carbocycles. The first-order valence-electron chi connectivity index (χ1n) is 7.10. The largest absolute Gasteiger partial charge is 0.350 e. The van der Waals surface area contributed by atoms with Gasteiger partial charge in [-0.25, -0.2) is 0 Å². The fraction of sp³-hybridized carbons (Fsp3) is 1.00. The Hall–Kier alpha value is -0.0800. The molecule has 0 aromatic carbocycles. The summed E-state index contributed by atoms with van der Waals surface area (Å²) < 4.78 is 12.1. The van der Waals surface area contributed by atoms with Crippen LogP contribution in [0.15, 0.2) is 0 Å². The van der Waals surface area contributed by atoms with Gasteiger partial charge in [-0.05, 0) is 45.4 Å². The average Bonchev–Trinajstić information content (AvgIpc) is 2.30. The third kappa shape index (κ3) is 2.28. The summed E-state index contributed by atoms with van der Waals surface area (Å²) >= 11 is 0. The van der Waals surface area contributed by atoms with Crippen LogP contribution in [0, 0.1) is 11.8 Å². The van der Waals surface area contributed by atoms with E-state index in [-0.39, 0.29) is 5.79 Å². The van der Waals surface area contributed by atoms with Crippen LogP contribution < -0.4 is 0 Å². The molecule has 2 unspecified atom stereocenters. The molecule has 2 aliphatic rings. The highest BCUT2D eigenvalue weighted by atomic mass is 16.7. The van der Waals surface area contributed by atoms with Crippen molar-refractivity contribution in [1.82, 2.24) is 0 Å². The molecule has 16 heavy (non-hydrogen) atoms. The molecule has 0 amide bonds. The molecular weight excluding hydrogens is 200 g/mol. The van der Waals surface area contributed by atoms with Crippen LogP contribution in [0.5, 0.6) is 0 Å². The lowest BCUT2D eigenvalue weighted by Crippen LogP contribution is -2.50. The van der Waals surface area contributed by atoms with Crippen LogP contribution in [-0.4, -0.2) is 19.0 Å². The van der Waals surface area contributed by atoms with Gasteiger partial charge in [0.05, 0.1) is 0 Å². The molecule has 2 rings (SSSR count). The van der Waals surface area contributed by atoms with Crippen molar-refractivity contribution >= 4 is 0 Å². The Morgan fingerprint density at radius 2 is 1.56 bits per heavy atom. The third-order valence-corrected chi connectivity index (χ3v) is 4.35. The lowest BCUT2D eigenvalue weighted by Gasteiger charge is -2.49. The number of ether oxygens (including phenoxy) is 2. The monoisotopic (exact) mass is 226 g/mol. The maximum absolute atomic E-state index is 6.06. The van der Waals surface area contributed by atoms with Crippen molar-refractivity contribution < 1.29 is 9.47 Å². The van der Waals surface area contributed by atoms with E-state index in [9.17, 15) is 0 Å². The van der Waals surface area contributed by atoms with Crippen LogP contribution in [-0.2, 0) is 9.47 Å². The zero-order valence-electron chi connectivity index (χ0n) is 10.8. The van der Waals surface area contributed by atoms with Gasteiger partial charge in [0.15, 0.2) is 5.79 Å². The van der Waals surface area contributed by atoms with Crippen molar-refractivity contribution in [3.8, 4) is 0 Å². The molecule has 0 aromatic heterocycles. The van der Waals surface area contributed by atoms with Crippen LogP contribution >= 0.6 is 0 Å². The Morgan fingerprint density at radius 1 is 0.938 bits per heavy atom. The average molecular weight is 226 g/mol. The van der Waals surface area contributed by atoms with Crippen molar-refractivity contribution in [2.45, 2.75) is 64.6 Å². The van der Waals surface area contributed by atoms with Gasteiger partial charge in [0, 0.05) is 25.6 Å². The van der Waals surface area contributed by atoms with E-state index in [1.807, 2.05) is 0 Å². The van der Waals surface area contributed by atoms with Gasteiger partial charge in [0.25, 0.3) is 0 Å². The summed E-state index contributed by atoms with van der Waals surface area (Å²) in [5, 5.41) is 0. The lowest BCUT2D eigenvalue weighted by molar-refractivity contribution is -0.291. The first-order chi connectivity index (χ1) is 7.82. The summed E-state index contributed by atoms with van der Waals surface area (Å²) in [5.74, 6) is 1.29. The van der Waals surface area contributed by atoms with Crippen LogP contribution in [0.3, 0.4) is 0 Å². The molecule has 0 aliphatic heterocycles. The Kier molecular flexibility index (Phi) is 4.26. The minimum absolute atomic E-state index is 0.229. The maximum atomic E-state index is 6.06. The molecule has 2 saturated carbocycles. The van der Waals surface area contributed by atoms with Gasteiger partial charge in [-0.3, -0.25) is 0 Å². The highest BCUT2D eigenvalue weighted by Crippen LogP contribution is 2.48. The molecule has 2 fully saturated rings. The van der Waals surface area contributed by atoms with Crippen molar-refractivity contribution in [3.63, 3.8) is 0 Å². The van der Waals surface area contributed by atoms with Crippen LogP contribution in [0.4, 0.5) is 0 Å². The normalized spacial score (nSPS) is 33.4. The molecule has 2 heteroatoms. The molecular formula is C14H26O2. The standard InChI is InChI=1S/C14H26O2/c1-3-15-14(16-4-2)11-7-9-12-8-5-6-10-13(12)14/h12-13H,3-11H2,1-2H3. The van der Waals surface area contributed by atoms with E-state index in [4.69, 9.17) is 9.47 Å². The second-order valence-corrected chi connectivity index (χ2v) is 5.22. The number of hydrogen-bond donors (Lipinski definition) is 0. The summed E-state index contributed by atoms with van der Waals surface area (Å²) in [6.07, 6.45) is 9.26. The Morgan fingerprint density at radius 3 is 2.25 bits per heavy atom.